The van der Waals surface area contributed by atoms with E-state index in [1.165, 1.54) is 218 Å². The Morgan fingerprint density at radius 3 is 1.21 bits per heavy atom. The second kappa shape index (κ2) is 48.7. The van der Waals surface area contributed by atoms with Gasteiger partial charge in [-0.15, -0.1) is 0 Å². The van der Waals surface area contributed by atoms with E-state index in [2.05, 4.69) is 31.3 Å². The van der Waals surface area contributed by atoms with Crippen LogP contribution in [0.3, 0.4) is 0 Å². The number of nitrogens with one attached hydrogen (secondary N) is 1. The molecule has 5 N–H and O–H groups in total. The zero-order valence-corrected chi connectivity index (χ0v) is 41.6. The molecular formula is C52H105N2O6P. The normalized spacial score (nSPS) is 13.9. The lowest BCUT2D eigenvalue weighted by atomic mass is 10.0. The van der Waals surface area contributed by atoms with Crippen LogP contribution in [0.4, 0.5) is 0 Å². The third kappa shape index (κ3) is 47.0. The molecule has 0 saturated carbocycles. The lowest BCUT2D eigenvalue weighted by molar-refractivity contribution is -0.123. The molecule has 9 heteroatoms. The summed E-state index contributed by atoms with van der Waals surface area (Å²) >= 11 is 0. The molecular weight excluding hydrogens is 780 g/mol. The first-order valence-electron chi connectivity index (χ1n) is 26.8. The van der Waals surface area contributed by atoms with Crippen LogP contribution in [0.1, 0.15) is 284 Å². The van der Waals surface area contributed by atoms with Gasteiger partial charge in [0.1, 0.15) is 0 Å². The topological polar surface area (TPSA) is 131 Å². The van der Waals surface area contributed by atoms with Crippen molar-refractivity contribution in [3.8, 4) is 0 Å². The van der Waals surface area contributed by atoms with Crippen molar-refractivity contribution >= 4 is 13.7 Å². The van der Waals surface area contributed by atoms with Crippen LogP contribution in [-0.4, -0.2) is 47.8 Å². The molecule has 0 rings (SSSR count). The molecule has 0 aliphatic heterocycles. The Morgan fingerprint density at radius 2 is 0.852 bits per heavy atom. The maximum atomic E-state index is 12.9. The quantitative estimate of drug-likeness (QED) is 0.0272. The fraction of sp³-hybridized carbons (Fsp3) is 0.942. The molecule has 8 nitrogen and oxygen atoms in total. The molecule has 0 fully saturated rings. The number of nitrogens with two attached hydrogens (primary N) is 1. The number of allylic oxidation sites excluding steroid dienone is 2. The highest BCUT2D eigenvalue weighted by Crippen LogP contribution is 2.43. The van der Waals surface area contributed by atoms with Crippen molar-refractivity contribution < 1.29 is 28.4 Å². The fourth-order valence-corrected chi connectivity index (χ4v) is 9.07. The molecule has 0 aromatic rings. The summed E-state index contributed by atoms with van der Waals surface area (Å²) in [6.07, 6.45) is 56.7. The van der Waals surface area contributed by atoms with Gasteiger partial charge in [-0.05, 0) is 38.5 Å². The molecule has 0 aliphatic rings. The molecule has 0 heterocycles. The van der Waals surface area contributed by atoms with Crippen LogP contribution in [0.5, 0.6) is 0 Å². The predicted molar refractivity (Wildman–Crippen MR) is 263 cm³/mol. The SMILES string of the molecule is CCCCCCCCCC/C=C\CCCCCCCCCCCC(=O)NC(COP(=O)(O)OCCN)C(O)CCCCCCCCCCCCCCCCCCCCCCC. The number of rotatable bonds is 51. The average Bonchev–Trinajstić information content (AvgIpc) is 3.25. The number of amides is 1. The minimum Gasteiger partial charge on any atom is -0.391 e. The van der Waals surface area contributed by atoms with Gasteiger partial charge in [0, 0.05) is 13.0 Å². The van der Waals surface area contributed by atoms with E-state index in [4.69, 9.17) is 14.8 Å². The van der Waals surface area contributed by atoms with E-state index in [0.29, 0.717) is 12.8 Å². The van der Waals surface area contributed by atoms with Crippen LogP contribution >= 0.6 is 7.82 Å². The number of phosphoric acid groups is 1. The summed E-state index contributed by atoms with van der Waals surface area (Å²) in [5.74, 6) is -0.158. The summed E-state index contributed by atoms with van der Waals surface area (Å²) in [4.78, 5) is 22.9. The van der Waals surface area contributed by atoms with Gasteiger partial charge in [0.15, 0.2) is 0 Å². The number of hydrogen-bond acceptors (Lipinski definition) is 6. The minimum atomic E-state index is -4.32. The highest BCUT2D eigenvalue weighted by molar-refractivity contribution is 7.47. The number of aliphatic hydroxyl groups is 1. The van der Waals surface area contributed by atoms with Crippen LogP contribution in [-0.2, 0) is 18.4 Å². The van der Waals surface area contributed by atoms with Crippen molar-refractivity contribution in [3.63, 3.8) is 0 Å². The molecule has 0 radical (unpaired) electrons. The molecule has 0 aliphatic carbocycles. The van der Waals surface area contributed by atoms with Gasteiger partial charge < -0.3 is 21.1 Å². The third-order valence-electron chi connectivity index (χ3n) is 12.4. The molecule has 0 bridgehead atoms. The van der Waals surface area contributed by atoms with Gasteiger partial charge in [-0.25, -0.2) is 4.57 Å². The number of phosphoric ester groups is 1. The summed E-state index contributed by atoms with van der Waals surface area (Å²) in [6, 6.07) is -0.773. The summed E-state index contributed by atoms with van der Waals surface area (Å²) < 4.78 is 22.3. The standard InChI is InChI=1S/C52H105N2O6P/c1-3-5-7-9-11-13-15-17-19-21-23-25-27-29-31-33-35-37-39-41-43-45-51(55)50(49-60-61(57,58)59-48-47-53)54-52(56)46-44-42-40-38-36-34-32-30-28-26-24-22-20-18-16-14-12-10-8-6-4-2/h22,24,50-51,55H,3-21,23,25-49,53H2,1-2H3,(H,54,56)(H,57,58)/b24-22-. The van der Waals surface area contributed by atoms with Crippen molar-refractivity contribution in [3.05, 3.63) is 12.2 Å². The number of unbranched alkanes of at least 4 members (excludes halogenated alkanes) is 37. The summed E-state index contributed by atoms with van der Waals surface area (Å²) in [5, 5.41) is 13.9. The first-order valence-corrected chi connectivity index (χ1v) is 28.3. The largest absolute Gasteiger partial charge is 0.472 e. The first kappa shape index (κ1) is 60.2. The van der Waals surface area contributed by atoms with E-state index in [0.717, 1.165) is 38.5 Å². The maximum Gasteiger partial charge on any atom is 0.472 e. The van der Waals surface area contributed by atoms with E-state index >= 15 is 0 Å². The number of carbonyl (C=O) groups is 1. The van der Waals surface area contributed by atoms with Crippen molar-refractivity contribution in [1.29, 1.82) is 0 Å². The minimum absolute atomic E-state index is 0.0908. The molecule has 3 unspecified atom stereocenters. The molecule has 1 amide bonds. The van der Waals surface area contributed by atoms with Crippen molar-refractivity contribution in [2.75, 3.05) is 19.8 Å². The first-order chi connectivity index (χ1) is 29.9. The molecule has 0 aromatic carbocycles. The molecule has 0 aromatic heterocycles. The van der Waals surface area contributed by atoms with E-state index in [1.54, 1.807) is 0 Å². The molecule has 364 valence electrons. The molecule has 61 heavy (non-hydrogen) atoms. The smallest absolute Gasteiger partial charge is 0.391 e. The number of aliphatic hydroxyl groups excluding tert-OH is 1. The molecule has 3 atom stereocenters. The van der Waals surface area contributed by atoms with Crippen LogP contribution < -0.4 is 11.1 Å². The van der Waals surface area contributed by atoms with E-state index in [9.17, 15) is 19.4 Å². The van der Waals surface area contributed by atoms with Crippen molar-refractivity contribution in [2.45, 2.75) is 296 Å². The monoisotopic (exact) mass is 885 g/mol. The Hall–Kier alpha value is -0.760. The van der Waals surface area contributed by atoms with Crippen LogP contribution in [0.15, 0.2) is 12.2 Å². The van der Waals surface area contributed by atoms with Gasteiger partial charge in [0.05, 0.1) is 25.4 Å². The van der Waals surface area contributed by atoms with Crippen LogP contribution in [0.25, 0.3) is 0 Å². The third-order valence-corrected chi connectivity index (χ3v) is 13.4. The zero-order chi connectivity index (χ0) is 44.6. The predicted octanol–water partition coefficient (Wildman–Crippen LogP) is 15.9. The Bertz CT molecular complexity index is 968. The summed E-state index contributed by atoms with van der Waals surface area (Å²) in [6.45, 7) is 4.25. The van der Waals surface area contributed by atoms with Gasteiger partial charge in [-0.2, -0.15) is 0 Å². The second-order valence-corrected chi connectivity index (χ2v) is 19.9. The van der Waals surface area contributed by atoms with Gasteiger partial charge >= 0.3 is 7.82 Å². The summed E-state index contributed by atoms with van der Waals surface area (Å²) in [7, 11) is -4.32. The van der Waals surface area contributed by atoms with Gasteiger partial charge in [0.25, 0.3) is 0 Å². The van der Waals surface area contributed by atoms with E-state index in [1.807, 2.05) is 0 Å². The Morgan fingerprint density at radius 1 is 0.525 bits per heavy atom. The van der Waals surface area contributed by atoms with Crippen LogP contribution in [0.2, 0.25) is 0 Å². The van der Waals surface area contributed by atoms with Gasteiger partial charge in [-0.1, -0.05) is 251 Å². The number of hydrogen-bond donors (Lipinski definition) is 4. The highest BCUT2D eigenvalue weighted by Gasteiger charge is 2.27. The van der Waals surface area contributed by atoms with Crippen LogP contribution in [0, 0.1) is 0 Å². The van der Waals surface area contributed by atoms with Crippen molar-refractivity contribution in [2.24, 2.45) is 5.73 Å². The Kier molecular flexibility index (Phi) is 48.1. The zero-order valence-electron chi connectivity index (χ0n) is 40.7. The van der Waals surface area contributed by atoms with Crippen molar-refractivity contribution in [1.82, 2.24) is 5.32 Å². The molecule has 0 spiro atoms. The Balaban J connectivity index is 4.00. The van der Waals surface area contributed by atoms with Gasteiger partial charge in [0.2, 0.25) is 5.91 Å². The lowest BCUT2D eigenvalue weighted by Gasteiger charge is -2.25. The lowest BCUT2D eigenvalue weighted by Crippen LogP contribution is -2.46. The van der Waals surface area contributed by atoms with Gasteiger partial charge in [-0.3, -0.25) is 13.8 Å². The highest BCUT2D eigenvalue weighted by atomic mass is 31.2. The fourth-order valence-electron chi connectivity index (χ4n) is 8.31. The second-order valence-electron chi connectivity index (χ2n) is 18.4. The van der Waals surface area contributed by atoms with E-state index < -0.39 is 20.0 Å². The van der Waals surface area contributed by atoms with E-state index in [-0.39, 0.29) is 25.7 Å². The Labute approximate surface area is 379 Å². The molecule has 0 saturated heterocycles. The maximum absolute atomic E-state index is 12.9. The number of carbonyl (C=O) groups excluding carboxylic acids is 1. The average molecular weight is 885 g/mol. The summed E-state index contributed by atoms with van der Waals surface area (Å²) in [5.41, 5.74) is 5.41.